The highest BCUT2D eigenvalue weighted by atomic mass is 16.5. The van der Waals surface area contributed by atoms with Crippen LogP contribution >= 0.6 is 0 Å². The van der Waals surface area contributed by atoms with Crippen molar-refractivity contribution in [3.8, 4) is 5.75 Å². The van der Waals surface area contributed by atoms with Gasteiger partial charge in [0, 0.05) is 0 Å². The van der Waals surface area contributed by atoms with Crippen molar-refractivity contribution < 1.29 is 4.74 Å². The van der Waals surface area contributed by atoms with E-state index in [9.17, 15) is 0 Å². The molecule has 1 aromatic rings. The van der Waals surface area contributed by atoms with Crippen molar-refractivity contribution in [2.75, 3.05) is 6.61 Å². The summed E-state index contributed by atoms with van der Waals surface area (Å²) in [5.41, 5.74) is 2.73. The lowest BCUT2D eigenvalue weighted by Crippen LogP contribution is -2.07. The van der Waals surface area contributed by atoms with E-state index < -0.39 is 0 Å². The Balaban J connectivity index is 2.89. The molecular weight excluding hydrogens is 244 g/mol. The van der Waals surface area contributed by atoms with E-state index in [0.29, 0.717) is 17.8 Å². The summed E-state index contributed by atoms with van der Waals surface area (Å²) in [4.78, 5) is 0. The fraction of sp³-hybridized carbons (Fsp3) is 0.579. The summed E-state index contributed by atoms with van der Waals surface area (Å²) in [7, 11) is 0. The summed E-state index contributed by atoms with van der Waals surface area (Å²) in [5.74, 6) is 2.69. The van der Waals surface area contributed by atoms with E-state index in [1.165, 1.54) is 11.1 Å². The van der Waals surface area contributed by atoms with Gasteiger partial charge in [0.25, 0.3) is 0 Å². The SMILES string of the molecule is C/C=C\C(C)Cc1ccc(OCC(C)C)c(C(C)C)c1. The molecule has 1 rings (SSSR count). The molecule has 0 aliphatic rings. The highest BCUT2D eigenvalue weighted by molar-refractivity contribution is 5.39. The van der Waals surface area contributed by atoms with Crippen LogP contribution in [0, 0.1) is 11.8 Å². The van der Waals surface area contributed by atoms with E-state index in [-0.39, 0.29) is 0 Å². The lowest BCUT2D eigenvalue weighted by molar-refractivity contribution is 0.267. The van der Waals surface area contributed by atoms with Crippen molar-refractivity contribution in [2.45, 2.75) is 53.9 Å². The minimum Gasteiger partial charge on any atom is -0.493 e. The molecule has 0 saturated heterocycles. The Morgan fingerprint density at radius 3 is 2.35 bits per heavy atom. The Labute approximate surface area is 125 Å². The highest BCUT2D eigenvalue weighted by Gasteiger charge is 2.11. The van der Waals surface area contributed by atoms with E-state index in [0.717, 1.165) is 18.8 Å². The van der Waals surface area contributed by atoms with Gasteiger partial charge in [-0.1, -0.05) is 58.9 Å². The monoisotopic (exact) mass is 274 g/mol. The molecule has 20 heavy (non-hydrogen) atoms. The summed E-state index contributed by atoms with van der Waals surface area (Å²) in [6.07, 6.45) is 5.49. The van der Waals surface area contributed by atoms with Crippen molar-refractivity contribution in [2.24, 2.45) is 11.8 Å². The van der Waals surface area contributed by atoms with Crippen molar-refractivity contribution in [3.63, 3.8) is 0 Å². The van der Waals surface area contributed by atoms with E-state index in [1.54, 1.807) is 0 Å². The average molecular weight is 274 g/mol. The number of hydrogen-bond donors (Lipinski definition) is 0. The molecule has 0 aliphatic heterocycles. The van der Waals surface area contributed by atoms with Crippen LogP contribution < -0.4 is 4.74 Å². The molecule has 1 aromatic carbocycles. The third-order valence-corrected chi connectivity index (χ3v) is 3.35. The lowest BCUT2D eigenvalue weighted by atomic mass is 9.94. The molecule has 0 aromatic heterocycles. The maximum Gasteiger partial charge on any atom is 0.122 e. The topological polar surface area (TPSA) is 9.23 Å². The molecule has 1 atom stereocenters. The number of ether oxygens (including phenoxy) is 1. The second-order valence-electron chi connectivity index (χ2n) is 6.44. The van der Waals surface area contributed by atoms with Gasteiger partial charge in [0.1, 0.15) is 5.75 Å². The van der Waals surface area contributed by atoms with Gasteiger partial charge in [-0.15, -0.1) is 0 Å². The molecule has 0 aliphatic carbocycles. The van der Waals surface area contributed by atoms with Crippen molar-refractivity contribution in [3.05, 3.63) is 41.5 Å². The second kappa shape index (κ2) is 8.14. The minimum atomic E-state index is 0.495. The Kier molecular flexibility index (Phi) is 6.84. The van der Waals surface area contributed by atoms with Gasteiger partial charge in [-0.25, -0.2) is 0 Å². The third-order valence-electron chi connectivity index (χ3n) is 3.35. The van der Waals surface area contributed by atoms with Crippen LogP contribution in [0.3, 0.4) is 0 Å². The molecule has 0 amide bonds. The zero-order valence-corrected chi connectivity index (χ0v) is 13.9. The fourth-order valence-electron chi connectivity index (χ4n) is 2.33. The number of rotatable bonds is 7. The standard InChI is InChI=1S/C19H30O/c1-7-8-16(6)11-17-9-10-19(20-13-14(2)3)18(12-17)15(4)5/h7-10,12,14-16H,11,13H2,1-6H3/b8-7-. The van der Waals surface area contributed by atoms with Crippen LogP contribution in [0.15, 0.2) is 30.4 Å². The van der Waals surface area contributed by atoms with Crippen LogP contribution in [-0.2, 0) is 6.42 Å². The van der Waals surface area contributed by atoms with Gasteiger partial charge in [0.05, 0.1) is 6.61 Å². The van der Waals surface area contributed by atoms with Crippen LogP contribution in [0.5, 0.6) is 5.75 Å². The van der Waals surface area contributed by atoms with Gasteiger partial charge in [-0.2, -0.15) is 0 Å². The Hall–Kier alpha value is -1.24. The van der Waals surface area contributed by atoms with Crippen LogP contribution in [0.4, 0.5) is 0 Å². The number of hydrogen-bond acceptors (Lipinski definition) is 1. The summed E-state index contributed by atoms with van der Waals surface area (Å²) in [6.45, 7) is 14.0. The Morgan fingerprint density at radius 2 is 1.80 bits per heavy atom. The summed E-state index contributed by atoms with van der Waals surface area (Å²) < 4.78 is 5.95. The summed E-state index contributed by atoms with van der Waals surface area (Å²) in [5, 5.41) is 0. The Bertz CT molecular complexity index is 429. The molecule has 0 spiro atoms. The molecule has 1 nitrogen and oxygen atoms in total. The van der Waals surface area contributed by atoms with Crippen LogP contribution in [0.2, 0.25) is 0 Å². The molecule has 0 N–H and O–H groups in total. The van der Waals surface area contributed by atoms with Crippen LogP contribution in [0.1, 0.15) is 58.6 Å². The first kappa shape index (κ1) is 16.8. The van der Waals surface area contributed by atoms with Crippen molar-refractivity contribution in [1.82, 2.24) is 0 Å². The highest BCUT2D eigenvalue weighted by Crippen LogP contribution is 2.29. The predicted molar refractivity (Wildman–Crippen MR) is 88.5 cm³/mol. The number of benzene rings is 1. The summed E-state index contributed by atoms with van der Waals surface area (Å²) >= 11 is 0. The molecule has 0 bridgehead atoms. The van der Waals surface area contributed by atoms with Gasteiger partial charge >= 0.3 is 0 Å². The van der Waals surface area contributed by atoms with E-state index in [1.807, 2.05) is 0 Å². The molecule has 0 heterocycles. The quantitative estimate of drug-likeness (QED) is 0.588. The fourth-order valence-corrected chi connectivity index (χ4v) is 2.33. The maximum absolute atomic E-state index is 5.95. The zero-order valence-electron chi connectivity index (χ0n) is 13.9. The normalized spacial score (nSPS) is 13.4. The molecule has 112 valence electrons. The predicted octanol–water partition coefficient (Wildman–Crippen LogP) is 5.60. The van der Waals surface area contributed by atoms with Gasteiger partial charge in [0.2, 0.25) is 0 Å². The zero-order chi connectivity index (χ0) is 15.1. The maximum atomic E-state index is 5.95. The Morgan fingerprint density at radius 1 is 1.10 bits per heavy atom. The van der Waals surface area contributed by atoms with Gasteiger partial charge in [-0.3, -0.25) is 0 Å². The van der Waals surface area contributed by atoms with Crippen LogP contribution in [-0.4, -0.2) is 6.61 Å². The first-order chi connectivity index (χ1) is 9.43. The minimum absolute atomic E-state index is 0.495. The molecule has 1 unspecified atom stereocenters. The number of allylic oxidation sites excluding steroid dienone is 2. The van der Waals surface area contributed by atoms with Crippen molar-refractivity contribution >= 4 is 0 Å². The van der Waals surface area contributed by atoms with E-state index >= 15 is 0 Å². The van der Waals surface area contributed by atoms with E-state index in [2.05, 4.69) is 71.9 Å². The van der Waals surface area contributed by atoms with Gasteiger partial charge in [0.15, 0.2) is 0 Å². The largest absolute Gasteiger partial charge is 0.493 e. The first-order valence-corrected chi connectivity index (χ1v) is 7.82. The average Bonchev–Trinajstić information content (AvgIpc) is 2.37. The lowest BCUT2D eigenvalue weighted by Gasteiger charge is -2.17. The molecular formula is C19H30O. The summed E-state index contributed by atoms with van der Waals surface area (Å²) in [6, 6.07) is 6.68. The first-order valence-electron chi connectivity index (χ1n) is 7.82. The molecule has 0 radical (unpaired) electrons. The second-order valence-corrected chi connectivity index (χ2v) is 6.44. The molecule has 1 heteroatoms. The van der Waals surface area contributed by atoms with Crippen molar-refractivity contribution in [1.29, 1.82) is 0 Å². The van der Waals surface area contributed by atoms with Gasteiger partial charge < -0.3 is 4.74 Å². The molecule has 0 saturated carbocycles. The smallest absolute Gasteiger partial charge is 0.122 e. The third kappa shape index (κ3) is 5.40. The van der Waals surface area contributed by atoms with Gasteiger partial charge in [-0.05, 0) is 48.3 Å². The van der Waals surface area contributed by atoms with E-state index in [4.69, 9.17) is 4.74 Å². The molecule has 0 fully saturated rings. The van der Waals surface area contributed by atoms with Crippen LogP contribution in [0.25, 0.3) is 0 Å².